The Balaban J connectivity index is 1.34. The van der Waals surface area contributed by atoms with E-state index >= 15 is 0 Å². The Labute approximate surface area is 195 Å². The zero-order valence-electron chi connectivity index (χ0n) is 19.6. The van der Waals surface area contributed by atoms with Crippen LogP contribution in [-0.2, 0) is 14.3 Å². The number of methoxy groups -OCH3 is 1. The molecule has 7 nitrogen and oxygen atoms in total. The molecular formula is C26H34N2O5. The second-order valence-electron chi connectivity index (χ2n) is 9.44. The molecule has 1 aromatic carbocycles. The maximum atomic E-state index is 13.3. The number of carbonyl (C=O) groups excluding carboxylic acids is 3. The topological polar surface area (TPSA) is 76.2 Å². The Morgan fingerprint density at radius 1 is 0.939 bits per heavy atom. The summed E-state index contributed by atoms with van der Waals surface area (Å²) < 4.78 is 10.4. The lowest BCUT2D eigenvalue weighted by molar-refractivity contribution is -0.153. The largest absolute Gasteiger partial charge is 0.494 e. The smallest absolute Gasteiger partial charge is 0.309 e. The summed E-state index contributed by atoms with van der Waals surface area (Å²) in [4.78, 5) is 42.3. The van der Waals surface area contributed by atoms with Gasteiger partial charge in [-0.2, -0.15) is 0 Å². The average Bonchev–Trinajstić information content (AvgIpc) is 3.27. The molecule has 3 aliphatic rings. The van der Waals surface area contributed by atoms with Gasteiger partial charge in [0.2, 0.25) is 5.91 Å². The number of benzene rings is 1. The molecule has 1 spiro atoms. The molecule has 0 N–H and O–H groups in total. The lowest BCUT2D eigenvalue weighted by Gasteiger charge is -2.39. The third kappa shape index (κ3) is 4.92. The quantitative estimate of drug-likeness (QED) is 0.504. The Hall–Kier alpha value is -2.83. The Morgan fingerprint density at radius 2 is 1.55 bits per heavy atom. The highest BCUT2D eigenvalue weighted by Gasteiger charge is 2.45. The Morgan fingerprint density at radius 3 is 2.15 bits per heavy atom. The van der Waals surface area contributed by atoms with E-state index in [1.54, 1.807) is 0 Å². The lowest BCUT2D eigenvalue weighted by Crippen LogP contribution is -2.46. The molecule has 0 radical (unpaired) electrons. The minimum absolute atomic E-state index is 0.0498. The van der Waals surface area contributed by atoms with Crippen molar-refractivity contribution in [2.45, 2.75) is 39.0 Å². The molecule has 4 rings (SSSR count). The van der Waals surface area contributed by atoms with Crippen molar-refractivity contribution in [3.05, 3.63) is 42.0 Å². The van der Waals surface area contributed by atoms with E-state index in [-0.39, 0.29) is 29.1 Å². The SMILES string of the molecule is CCOc1ccc(C(=O)N2CCC3(CC2)CCN(C(=O)[C@@H]2CC=CC[C@@H]2C(=O)OC)C3)cc1. The molecule has 2 heterocycles. The van der Waals surface area contributed by atoms with Gasteiger partial charge < -0.3 is 19.3 Å². The number of amides is 2. The van der Waals surface area contributed by atoms with Gasteiger partial charge in [-0.3, -0.25) is 14.4 Å². The maximum Gasteiger partial charge on any atom is 0.309 e. The average molecular weight is 455 g/mol. The van der Waals surface area contributed by atoms with E-state index in [9.17, 15) is 14.4 Å². The molecule has 33 heavy (non-hydrogen) atoms. The molecule has 2 fully saturated rings. The summed E-state index contributed by atoms with van der Waals surface area (Å²) in [6, 6.07) is 7.32. The van der Waals surface area contributed by atoms with Crippen LogP contribution in [0.1, 0.15) is 49.4 Å². The van der Waals surface area contributed by atoms with Gasteiger partial charge in [-0.25, -0.2) is 0 Å². The first-order valence-electron chi connectivity index (χ1n) is 12.0. The third-order valence-electron chi connectivity index (χ3n) is 7.53. The van der Waals surface area contributed by atoms with E-state index in [2.05, 4.69) is 0 Å². The van der Waals surface area contributed by atoms with Crippen LogP contribution < -0.4 is 4.74 Å². The van der Waals surface area contributed by atoms with E-state index in [0.29, 0.717) is 44.6 Å². The molecular weight excluding hydrogens is 420 g/mol. The Bertz CT molecular complexity index is 902. The summed E-state index contributed by atoms with van der Waals surface area (Å²) in [5.74, 6) is -0.136. The first-order chi connectivity index (χ1) is 16.0. The fourth-order valence-corrected chi connectivity index (χ4v) is 5.49. The summed E-state index contributed by atoms with van der Waals surface area (Å²) in [7, 11) is 1.38. The fraction of sp³-hybridized carbons (Fsp3) is 0.577. The van der Waals surface area contributed by atoms with E-state index < -0.39 is 5.92 Å². The van der Waals surface area contributed by atoms with Crippen molar-refractivity contribution in [1.29, 1.82) is 0 Å². The van der Waals surface area contributed by atoms with Crippen molar-refractivity contribution in [3.8, 4) is 5.75 Å². The second-order valence-corrected chi connectivity index (χ2v) is 9.44. The number of ether oxygens (including phenoxy) is 2. The molecule has 0 bridgehead atoms. The molecule has 2 aliphatic heterocycles. The summed E-state index contributed by atoms with van der Waals surface area (Å²) in [6.07, 6.45) is 7.86. The second kappa shape index (κ2) is 9.98. The zero-order chi connectivity index (χ0) is 23.4. The molecule has 0 aromatic heterocycles. The van der Waals surface area contributed by atoms with Crippen LogP contribution in [0.25, 0.3) is 0 Å². The van der Waals surface area contributed by atoms with E-state index in [4.69, 9.17) is 9.47 Å². The predicted octanol–water partition coefficient (Wildman–Crippen LogP) is 3.30. The number of nitrogens with zero attached hydrogens (tertiary/aromatic N) is 2. The van der Waals surface area contributed by atoms with Gasteiger partial charge in [-0.1, -0.05) is 12.2 Å². The van der Waals surface area contributed by atoms with Crippen LogP contribution in [-0.4, -0.2) is 67.5 Å². The minimum Gasteiger partial charge on any atom is -0.494 e. The molecule has 7 heteroatoms. The van der Waals surface area contributed by atoms with E-state index in [1.165, 1.54) is 7.11 Å². The van der Waals surface area contributed by atoms with Gasteiger partial charge in [0, 0.05) is 31.7 Å². The van der Waals surface area contributed by atoms with E-state index in [1.807, 2.05) is 53.1 Å². The highest BCUT2D eigenvalue weighted by Crippen LogP contribution is 2.42. The number of hydrogen-bond donors (Lipinski definition) is 0. The van der Waals surface area contributed by atoms with Gasteiger partial charge in [0.15, 0.2) is 0 Å². The van der Waals surface area contributed by atoms with Gasteiger partial charge in [-0.15, -0.1) is 0 Å². The standard InChI is InChI=1S/C26H34N2O5/c1-3-33-20-10-8-19(9-11-20)23(29)27-15-12-26(13-16-27)14-17-28(18-26)24(30)21-6-4-5-7-22(21)25(31)32-2/h4-5,8-11,21-22H,3,6-7,12-18H2,1-2H3/t21-,22+/m1/s1. The zero-order valence-corrected chi connectivity index (χ0v) is 19.6. The van der Waals surface area contributed by atoms with Crippen molar-refractivity contribution < 1.29 is 23.9 Å². The van der Waals surface area contributed by atoms with Crippen LogP contribution in [0, 0.1) is 17.3 Å². The molecule has 2 saturated heterocycles. The van der Waals surface area contributed by atoms with Crippen LogP contribution in [0.3, 0.4) is 0 Å². The van der Waals surface area contributed by atoms with Crippen molar-refractivity contribution >= 4 is 17.8 Å². The van der Waals surface area contributed by atoms with Gasteiger partial charge in [0.25, 0.3) is 5.91 Å². The molecule has 2 amide bonds. The summed E-state index contributed by atoms with van der Waals surface area (Å²) in [5, 5.41) is 0. The minimum atomic E-state index is -0.391. The van der Waals surface area contributed by atoms with Crippen LogP contribution in [0.4, 0.5) is 0 Å². The van der Waals surface area contributed by atoms with Crippen molar-refractivity contribution in [3.63, 3.8) is 0 Å². The third-order valence-corrected chi connectivity index (χ3v) is 7.53. The fourth-order valence-electron chi connectivity index (χ4n) is 5.49. The number of hydrogen-bond acceptors (Lipinski definition) is 5. The molecule has 0 unspecified atom stereocenters. The van der Waals surface area contributed by atoms with Crippen LogP contribution in [0.5, 0.6) is 5.75 Å². The Kier molecular flexibility index (Phi) is 7.05. The monoisotopic (exact) mass is 454 g/mol. The summed E-state index contributed by atoms with van der Waals surface area (Å²) in [6.45, 7) is 5.37. The van der Waals surface area contributed by atoms with Crippen molar-refractivity contribution in [1.82, 2.24) is 9.80 Å². The normalized spacial score (nSPS) is 24.1. The van der Waals surface area contributed by atoms with Gasteiger partial charge >= 0.3 is 5.97 Å². The number of allylic oxidation sites excluding steroid dienone is 2. The number of esters is 1. The number of carbonyl (C=O) groups is 3. The molecule has 1 aliphatic carbocycles. The number of likely N-dealkylation sites (tertiary alicyclic amines) is 2. The summed E-state index contributed by atoms with van der Waals surface area (Å²) in [5.41, 5.74) is 0.744. The number of piperidine rings is 1. The molecule has 1 aromatic rings. The van der Waals surface area contributed by atoms with Crippen molar-refractivity contribution in [2.24, 2.45) is 17.3 Å². The molecule has 0 saturated carbocycles. The van der Waals surface area contributed by atoms with Crippen LogP contribution >= 0.6 is 0 Å². The first-order valence-corrected chi connectivity index (χ1v) is 12.0. The van der Waals surface area contributed by atoms with Crippen LogP contribution in [0.15, 0.2) is 36.4 Å². The van der Waals surface area contributed by atoms with Gasteiger partial charge in [0.05, 0.1) is 25.6 Å². The van der Waals surface area contributed by atoms with Crippen molar-refractivity contribution in [2.75, 3.05) is 39.9 Å². The molecule has 2 atom stereocenters. The number of rotatable bonds is 5. The molecule has 178 valence electrons. The highest BCUT2D eigenvalue weighted by atomic mass is 16.5. The van der Waals surface area contributed by atoms with E-state index in [0.717, 1.165) is 31.6 Å². The maximum absolute atomic E-state index is 13.3. The van der Waals surface area contributed by atoms with Gasteiger partial charge in [-0.05, 0) is 68.7 Å². The lowest BCUT2D eigenvalue weighted by atomic mass is 9.77. The first kappa shape index (κ1) is 23.3. The summed E-state index contributed by atoms with van der Waals surface area (Å²) >= 11 is 0. The van der Waals surface area contributed by atoms with Crippen LogP contribution in [0.2, 0.25) is 0 Å². The van der Waals surface area contributed by atoms with Gasteiger partial charge in [0.1, 0.15) is 5.75 Å². The highest BCUT2D eigenvalue weighted by molar-refractivity contribution is 5.94. The predicted molar refractivity (Wildman–Crippen MR) is 124 cm³/mol.